The lowest BCUT2D eigenvalue weighted by atomic mass is 10.1. The van der Waals surface area contributed by atoms with Crippen LogP contribution in [-0.2, 0) is 17.8 Å². The largest absolute Gasteiger partial charge is 0.340 e. The molecule has 0 unspecified atom stereocenters. The third-order valence-electron chi connectivity index (χ3n) is 4.78. The molecule has 1 saturated heterocycles. The smallest absolute Gasteiger partial charge is 0.273 e. The molecule has 1 heterocycles. The maximum absolute atomic E-state index is 12.4. The lowest BCUT2D eigenvalue weighted by molar-refractivity contribution is -0.385. The molecule has 6 heteroatoms. The Morgan fingerprint density at radius 3 is 2.31 bits per heavy atom. The number of carbonyl (C=O) groups is 1. The number of nitrogens with zero attached hydrogens (tertiary/aromatic N) is 3. The molecule has 2 aromatic carbocycles. The zero-order valence-corrected chi connectivity index (χ0v) is 14.7. The summed E-state index contributed by atoms with van der Waals surface area (Å²) in [6, 6.07) is 16.9. The van der Waals surface area contributed by atoms with Crippen molar-refractivity contribution in [3.63, 3.8) is 0 Å². The van der Waals surface area contributed by atoms with E-state index >= 15 is 0 Å². The molecule has 0 atom stereocenters. The molecule has 0 bridgehead atoms. The molecule has 1 aliphatic rings. The highest BCUT2D eigenvalue weighted by atomic mass is 16.6. The van der Waals surface area contributed by atoms with Crippen molar-refractivity contribution in [3.8, 4) is 0 Å². The Kier molecular flexibility index (Phi) is 5.96. The van der Waals surface area contributed by atoms with E-state index in [-0.39, 0.29) is 16.5 Å². The third kappa shape index (κ3) is 4.67. The van der Waals surface area contributed by atoms with E-state index in [0.29, 0.717) is 26.1 Å². The molecule has 0 spiro atoms. The number of carbonyl (C=O) groups excluding carboxylic acids is 1. The molecule has 6 nitrogen and oxygen atoms in total. The van der Waals surface area contributed by atoms with Gasteiger partial charge in [-0.15, -0.1) is 0 Å². The molecule has 136 valence electrons. The average Bonchev–Trinajstić information content (AvgIpc) is 2.68. The molecular formula is C20H23N3O3. The molecule has 0 radical (unpaired) electrons. The lowest BCUT2D eigenvalue weighted by Gasteiger charge is -2.34. The van der Waals surface area contributed by atoms with Crippen molar-refractivity contribution in [3.05, 3.63) is 75.8 Å². The van der Waals surface area contributed by atoms with E-state index in [2.05, 4.69) is 4.90 Å². The van der Waals surface area contributed by atoms with Crippen LogP contribution in [0.15, 0.2) is 54.6 Å². The van der Waals surface area contributed by atoms with Crippen molar-refractivity contribution in [2.24, 2.45) is 0 Å². The number of hydrogen-bond donors (Lipinski definition) is 0. The van der Waals surface area contributed by atoms with E-state index in [4.69, 9.17) is 0 Å². The van der Waals surface area contributed by atoms with Gasteiger partial charge in [-0.3, -0.25) is 19.8 Å². The van der Waals surface area contributed by atoms with Gasteiger partial charge in [0.15, 0.2) is 0 Å². The standard InChI is InChI=1S/C20H23N3O3/c24-20(11-10-17-6-2-1-3-7-17)22-14-12-21(13-15-22)16-18-8-4-5-9-19(18)23(25)26/h1-9H,10-16H2. The fraction of sp³-hybridized carbons (Fsp3) is 0.350. The van der Waals surface area contributed by atoms with E-state index in [1.165, 1.54) is 5.56 Å². The van der Waals surface area contributed by atoms with E-state index < -0.39 is 0 Å². The van der Waals surface area contributed by atoms with Crippen LogP contribution in [0.2, 0.25) is 0 Å². The monoisotopic (exact) mass is 353 g/mol. The Morgan fingerprint density at radius 1 is 0.962 bits per heavy atom. The Labute approximate surface area is 153 Å². The molecule has 0 aromatic heterocycles. The van der Waals surface area contributed by atoms with E-state index in [9.17, 15) is 14.9 Å². The van der Waals surface area contributed by atoms with Crippen molar-refractivity contribution < 1.29 is 9.72 Å². The predicted molar refractivity (Wildman–Crippen MR) is 99.7 cm³/mol. The van der Waals surface area contributed by atoms with E-state index in [0.717, 1.165) is 25.1 Å². The Morgan fingerprint density at radius 2 is 1.62 bits per heavy atom. The molecule has 0 N–H and O–H groups in total. The summed E-state index contributed by atoms with van der Waals surface area (Å²) in [5.41, 5.74) is 2.06. The van der Waals surface area contributed by atoms with Crippen LogP contribution in [0.3, 0.4) is 0 Å². The number of benzene rings is 2. The van der Waals surface area contributed by atoms with Crippen molar-refractivity contribution >= 4 is 11.6 Å². The van der Waals surface area contributed by atoms with Crippen molar-refractivity contribution in [2.75, 3.05) is 26.2 Å². The van der Waals surface area contributed by atoms with Crippen LogP contribution in [0.4, 0.5) is 5.69 Å². The minimum atomic E-state index is -0.335. The summed E-state index contributed by atoms with van der Waals surface area (Å²) in [4.78, 5) is 27.3. The normalized spacial score (nSPS) is 15.0. The van der Waals surface area contributed by atoms with Crippen LogP contribution < -0.4 is 0 Å². The van der Waals surface area contributed by atoms with Gasteiger partial charge in [-0.25, -0.2) is 0 Å². The van der Waals surface area contributed by atoms with Gasteiger partial charge in [0, 0.05) is 50.8 Å². The molecular weight excluding hydrogens is 330 g/mol. The van der Waals surface area contributed by atoms with E-state index in [1.807, 2.05) is 41.3 Å². The number of para-hydroxylation sites is 1. The summed E-state index contributed by atoms with van der Waals surface area (Å²) >= 11 is 0. The maximum atomic E-state index is 12.4. The topological polar surface area (TPSA) is 66.7 Å². The van der Waals surface area contributed by atoms with Crippen LogP contribution in [0.5, 0.6) is 0 Å². The first-order valence-corrected chi connectivity index (χ1v) is 8.90. The van der Waals surface area contributed by atoms with Crippen LogP contribution in [0, 0.1) is 10.1 Å². The molecule has 3 rings (SSSR count). The van der Waals surface area contributed by atoms with Crippen LogP contribution in [0.1, 0.15) is 17.5 Å². The van der Waals surface area contributed by atoms with Gasteiger partial charge in [0.25, 0.3) is 5.69 Å². The minimum absolute atomic E-state index is 0.161. The van der Waals surface area contributed by atoms with Crippen molar-refractivity contribution in [1.29, 1.82) is 0 Å². The van der Waals surface area contributed by atoms with Gasteiger partial charge in [-0.05, 0) is 12.0 Å². The number of nitro groups is 1. The van der Waals surface area contributed by atoms with Crippen molar-refractivity contribution in [2.45, 2.75) is 19.4 Å². The van der Waals surface area contributed by atoms with Gasteiger partial charge < -0.3 is 4.90 Å². The summed E-state index contributed by atoms with van der Waals surface area (Å²) in [6.45, 7) is 3.37. The van der Waals surface area contributed by atoms with Gasteiger partial charge >= 0.3 is 0 Å². The zero-order chi connectivity index (χ0) is 18.4. The van der Waals surface area contributed by atoms with Gasteiger partial charge in [-0.2, -0.15) is 0 Å². The van der Waals surface area contributed by atoms with Gasteiger partial charge in [0.2, 0.25) is 5.91 Å². The summed E-state index contributed by atoms with van der Waals surface area (Å²) in [7, 11) is 0. The molecule has 26 heavy (non-hydrogen) atoms. The summed E-state index contributed by atoms with van der Waals surface area (Å²) in [6.07, 6.45) is 1.28. The number of aryl methyl sites for hydroxylation is 1. The third-order valence-corrected chi connectivity index (χ3v) is 4.78. The number of nitro benzene ring substituents is 1. The Bertz CT molecular complexity index is 756. The zero-order valence-electron chi connectivity index (χ0n) is 14.7. The van der Waals surface area contributed by atoms with Crippen LogP contribution >= 0.6 is 0 Å². The van der Waals surface area contributed by atoms with Crippen molar-refractivity contribution in [1.82, 2.24) is 9.80 Å². The Hall–Kier alpha value is -2.73. The van der Waals surface area contributed by atoms with Crippen LogP contribution in [-0.4, -0.2) is 46.8 Å². The molecule has 1 fully saturated rings. The highest BCUT2D eigenvalue weighted by Gasteiger charge is 2.23. The van der Waals surface area contributed by atoms with Gasteiger partial charge in [0.1, 0.15) is 0 Å². The highest BCUT2D eigenvalue weighted by molar-refractivity contribution is 5.76. The average molecular weight is 353 g/mol. The molecule has 2 aromatic rings. The quantitative estimate of drug-likeness (QED) is 0.592. The molecule has 0 aliphatic carbocycles. The fourth-order valence-electron chi connectivity index (χ4n) is 3.27. The maximum Gasteiger partial charge on any atom is 0.273 e. The lowest BCUT2D eigenvalue weighted by Crippen LogP contribution is -2.48. The summed E-state index contributed by atoms with van der Waals surface area (Å²) in [5.74, 6) is 0.180. The number of hydrogen-bond acceptors (Lipinski definition) is 4. The summed E-state index contributed by atoms with van der Waals surface area (Å²) < 4.78 is 0. The van der Waals surface area contributed by atoms with Gasteiger partial charge in [-0.1, -0.05) is 48.5 Å². The first kappa shape index (κ1) is 18.1. The fourth-order valence-corrected chi connectivity index (χ4v) is 3.27. The summed E-state index contributed by atoms with van der Waals surface area (Å²) in [5, 5.41) is 11.1. The number of rotatable bonds is 6. The predicted octanol–water partition coefficient (Wildman–Crippen LogP) is 2.87. The second-order valence-corrected chi connectivity index (χ2v) is 6.53. The molecule has 0 saturated carbocycles. The first-order valence-electron chi connectivity index (χ1n) is 8.90. The first-order chi connectivity index (χ1) is 12.6. The molecule has 1 amide bonds. The number of piperazine rings is 1. The minimum Gasteiger partial charge on any atom is -0.340 e. The van der Waals surface area contributed by atoms with Crippen LogP contribution in [0.25, 0.3) is 0 Å². The number of amides is 1. The SMILES string of the molecule is O=C(CCc1ccccc1)N1CCN(Cc2ccccc2[N+](=O)[O-])CC1. The second-order valence-electron chi connectivity index (χ2n) is 6.53. The van der Waals surface area contributed by atoms with E-state index in [1.54, 1.807) is 18.2 Å². The highest BCUT2D eigenvalue weighted by Crippen LogP contribution is 2.20. The second kappa shape index (κ2) is 8.58. The van der Waals surface area contributed by atoms with Gasteiger partial charge in [0.05, 0.1) is 4.92 Å². The molecule has 1 aliphatic heterocycles. The Balaban J connectivity index is 1.48.